The van der Waals surface area contributed by atoms with E-state index in [0.29, 0.717) is 5.41 Å². The number of rotatable bonds is 5. The van der Waals surface area contributed by atoms with Gasteiger partial charge >= 0.3 is 0 Å². The molecule has 0 aromatic carbocycles. The number of hydrogen-bond donors (Lipinski definition) is 2. The molecular weight excluding hydrogens is 220 g/mol. The Bertz CT molecular complexity index is 215. The molecule has 1 saturated heterocycles. The van der Waals surface area contributed by atoms with Crippen molar-refractivity contribution in [2.24, 2.45) is 5.41 Å². The SMILES string of the molecule is CCCCNC(=S)NCC1(C)CCOCC1. The summed E-state index contributed by atoms with van der Waals surface area (Å²) in [7, 11) is 0. The van der Waals surface area contributed by atoms with E-state index in [1.54, 1.807) is 0 Å². The topological polar surface area (TPSA) is 33.3 Å². The van der Waals surface area contributed by atoms with Gasteiger partial charge in [0.05, 0.1) is 0 Å². The summed E-state index contributed by atoms with van der Waals surface area (Å²) in [6.45, 7) is 8.18. The van der Waals surface area contributed by atoms with E-state index in [4.69, 9.17) is 17.0 Å². The van der Waals surface area contributed by atoms with E-state index in [1.807, 2.05) is 0 Å². The summed E-state index contributed by atoms with van der Waals surface area (Å²) in [4.78, 5) is 0. The Morgan fingerprint density at radius 1 is 1.31 bits per heavy atom. The lowest BCUT2D eigenvalue weighted by Gasteiger charge is -2.34. The summed E-state index contributed by atoms with van der Waals surface area (Å²) < 4.78 is 5.37. The van der Waals surface area contributed by atoms with Gasteiger partial charge in [-0.05, 0) is 36.9 Å². The highest BCUT2D eigenvalue weighted by atomic mass is 32.1. The second kappa shape index (κ2) is 7.07. The van der Waals surface area contributed by atoms with Gasteiger partial charge in [-0.25, -0.2) is 0 Å². The van der Waals surface area contributed by atoms with Gasteiger partial charge in [-0.2, -0.15) is 0 Å². The molecule has 1 aliphatic rings. The third-order valence-corrected chi connectivity index (χ3v) is 3.48. The Morgan fingerprint density at radius 2 is 2.00 bits per heavy atom. The van der Waals surface area contributed by atoms with Gasteiger partial charge in [0, 0.05) is 26.3 Å². The van der Waals surface area contributed by atoms with Crippen molar-refractivity contribution in [3.63, 3.8) is 0 Å². The van der Waals surface area contributed by atoms with Crippen molar-refractivity contribution in [1.29, 1.82) is 0 Å². The quantitative estimate of drug-likeness (QED) is 0.573. The van der Waals surface area contributed by atoms with Gasteiger partial charge in [0.1, 0.15) is 0 Å². The van der Waals surface area contributed by atoms with Crippen LogP contribution in [0.2, 0.25) is 0 Å². The number of nitrogens with one attached hydrogen (secondary N) is 2. The minimum atomic E-state index is 0.342. The molecule has 3 nitrogen and oxygen atoms in total. The first-order valence-electron chi connectivity index (χ1n) is 6.26. The van der Waals surface area contributed by atoms with E-state index in [-0.39, 0.29) is 0 Å². The predicted molar refractivity (Wildman–Crippen MR) is 71.7 cm³/mol. The first-order valence-corrected chi connectivity index (χ1v) is 6.66. The Hall–Kier alpha value is -0.350. The van der Waals surface area contributed by atoms with Gasteiger partial charge in [0.15, 0.2) is 5.11 Å². The maximum absolute atomic E-state index is 5.37. The van der Waals surface area contributed by atoms with Gasteiger partial charge in [0.2, 0.25) is 0 Å². The van der Waals surface area contributed by atoms with Crippen molar-refractivity contribution in [3.05, 3.63) is 0 Å². The summed E-state index contributed by atoms with van der Waals surface area (Å²) in [6, 6.07) is 0. The molecule has 0 spiro atoms. The second-order valence-corrected chi connectivity index (χ2v) is 5.29. The van der Waals surface area contributed by atoms with Crippen LogP contribution >= 0.6 is 12.2 Å². The Labute approximate surface area is 104 Å². The van der Waals surface area contributed by atoms with Gasteiger partial charge in [-0.15, -0.1) is 0 Å². The molecule has 0 amide bonds. The van der Waals surface area contributed by atoms with Crippen molar-refractivity contribution < 1.29 is 4.74 Å². The van der Waals surface area contributed by atoms with Crippen molar-refractivity contribution in [2.45, 2.75) is 39.5 Å². The van der Waals surface area contributed by atoms with Crippen LogP contribution in [0, 0.1) is 5.41 Å². The van der Waals surface area contributed by atoms with E-state index in [2.05, 4.69) is 24.5 Å². The van der Waals surface area contributed by atoms with E-state index in [1.165, 1.54) is 12.8 Å². The summed E-state index contributed by atoms with van der Waals surface area (Å²) in [6.07, 6.45) is 4.62. The van der Waals surface area contributed by atoms with E-state index >= 15 is 0 Å². The molecule has 4 heteroatoms. The molecule has 1 heterocycles. The van der Waals surface area contributed by atoms with Crippen LogP contribution in [0.5, 0.6) is 0 Å². The first-order chi connectivity index (χ1) is 7.66. The van der Waals surface area contributed by atoms with Gasteiger partial charge < -0.3 is 15.4 Å². The lowest BCUT2D eigenvalue weighted by Crippen LogP contribution is -2.43. The second-order valence-electron chi connectivity index (χ2n) is 4.89. The minimum absolute atomic E-state index is 0.342. The average Bonchev–Trinajstić information content (AvgIpc) is 2.28. The van der Waals surface area contributed by atoms with Gasteiger partial charge in [0.25, 0.3) is 0 Å². The molecular formula is C12H24N2OS. The van der Waals surface area contributed by atoms with Crippen LogP contribution in [-0.2, 0) is 4.74 Å². The number of thiocarbonyl (C=S) groups is 1. The zero-order valence-corrected chi connectivity index (χ0v) is 11.3. The van der Waals surface area contributed by atoms with Crippen LogP contribution < -0.4 is 10.6 Å². The fraction of sp³-hybridized carbons (Fsp3) is 0.917. The lowest BCUT2D eigenvalue weighted by atomic mass is 9.82. The van der Waals surface area contributed by atoms with Gasteiger partial charge in [-0.3, -0.25) is 0 Å². The highest BCUT2D eigenvalue weighted by molar-refractivity contribution is 7.80. The molecule has 2 N–H and O–H groups in total. The first kappa shape index (κ1) is 13.7. The van der Waals surface area contributed by atoms with Crippen molar-refractivity contribution in [3.8, 4) is 0 Å². The molecule has 0 aromatic rings. The van der Waals surface area contributed by atoms with Gasteiger partial charge in [-0.1, -0.05) is 20.3 Å². The lowest BCUT2D eigenvalue weighted by molar-refractivity contribution is 0.0261. The molecule has 0 atom stereocenters. The third-order valence-electron chi connectivity index (χ3n) is 3.19. The van der Waals surface area contributed by atoms with Crippen LogP contribution in [0.15, 0.2) is 0 Å². The summed E-state index contributed by atoms with van der Waals surface area (Å²) >= 11 is 5.23. The van der Waals surface area contributed by atoms with E-state index in [9.17, 15) is 0 Å². The largest absolute Gasteiger partial charge is 0.381 e. The highest BCUT2D eigenvalue weighted by Crippen LogP contribution is 2.28. The van der Waals surface area contributed by atoms with E-state index in [0.717, 1.165) is 44.3 Å². The summed E-state index contributed by atoms with van der Waals surface area (Å²) in [5.74, 6) is 0. The fourth-order valence-electron chi connectivity index (χ4n) is 1.78. The molecule has 1 aliphatic heterocycles. The Kier molecular flexibility index (Phi) is 6.06. The summed E-state index contributed by atoms with van der Waals surface area (Å²) in [5.41, 5.74) is 0.342. The van der Waals surface area contributed by atoms with Crippen molar-refractivity contribution in [2.75, 3.05) is 26.3 Å². The molecule has 0 radical (unpaired) electrons. The van der Waals surface area contributed by atoms with Crippen molar-refractivity contribution in [1.82, 2.24) is 10.6 Å². The molecule has 94 valence electrons. The van der Waals surface area contributed by atoms with Crippen LogP contribution in [0.3, 0.4) is 0 Å². The Balaban J connectivity index is 2.14. The third kappa shape index (κ3) is 5.12. The van der Waals surface area contributed by atoms with Crippen molar-refractivity contribution >= 4 is 17.3 Å². The number of ether oxygens (including phenoxy) is 1. The monoisotopic (exact) mass is 244 g/mol. The fourth-order valence-corrected chi connectivity index (χ4v) is 1.95. The highest BCUT2D eigenvalue weighted by Gasteiger charge is 2.27. The maximum Gasteiger partial charge on any atom is 0.166 e. The maximum atomic E-state index is 5.37. The molecule has 16 heavy (non-hydrogen) atoms. The normalized spacial score (nSPS) is 19.1. The van der Waals surface area contributed by atoms with Crippen LogP contribution in [0.1, 0.15) is 39.5 Å². The molecule has 0 saturated carbocycles. The van der Waals surface area contributed by atoms with E-state index < -0.39 is 0 Å². The average molecular weight is 244 g/mol. The predicted octanol–water partition coefficient (Wildman–Crippen LogP) is 2.07. The van der Waals surface area contributed by atoms with Crippen LogP contribution in [0.4, 0.5) is 0 Å². The minimum Gasteiger partial charge on any atom is -0.381 e. The summed E-state index contributed by atoms with van der Waals surface area (Å²) in [5, 5.41) is 7.34. The smallest absolute Gasteiger partial charge is 0.166 e. The van der Waals surface area contributed by atoms with Crippen LogP contribution in [-0.4, -0.2) is 31.4 Å². The Morgan fingerprint density at radius 3 is 2.62 bits per heavy atom. The molecule has 1 rings (SSSR count). The standard InChI is InChI=1S/C12H24N2OS/c1-3-4-7-13-11(16)14-10-12(2)5-8-15-9-6-12/h3-10H2,1-2H3,(H2,13,14,16). The zero-order valence-electron chi connectivity index (χ0n) is 10.5. The molecule has 0 aromatic heterocycles. The molecule has 1 fully saturated rings. The molecule has 0 bridgehead atoms. The zero-order chi connectivity index (χ0) is 11.9. The number of unbranched alkanes of at least 4 members (excludes halogenated alkanes) is 1. The molecule has 0 aliphatic carbocycles. The molecule has 0 unspecified atom stereocenters. The van der Waals surface area contributed by atoms with Crippen LogP contribution in [0.25, 0.3) is 0 Å². The number of hydrogen-bond acceptors (Lipinski definition) is 2.